The van der Waals surface area contributed by atoms with Crippen molar-refractivity contribution in [1.82, 2.24) is 0 Å². The molecule has 1 N–H and O–H groups in total. The van der Waals surface area contributed by atoms with Gasteiger partial charge in [-0.05, 0) is 41.8 Å². The van der Waals surface area contributed by atoms with E-state index in [0.717, 1.165) is 16.5 Å². The summed E-state index contributed by atoms with van der Waals surface area (Å²) in [4.78, 5) is 12.4. The first-order valence-corrected chi connectivity index (χ1v) is 9.31. The van der Waals surface area contributed by atoms with Gasteiger partial charge < -0.3 is 14.5 Å². The van der Waals surface area contributed by atoms with Crippen molar-refractivity contribution < 1.29 is 13.9 Å². The summed E-state index contributed by atoms with van der Waals surface area (Å²) >= 11 is 11.8. The van der Waals surface area contributed by atoms with Crippen LogP contribution in [0.4, 0.5) is 5.69 Å². The fourth-order valence-electron chi connectivity index (χ4n) is 2.81. The molecule has 1 aromatic heterocycles. The van der Waals surface area contributed by atoms with Crippen LogP contribution in [-0.4, -0.2) is 5.91 Å². The molecule has 140 valence electrons. The number of carbonyl (C=O) groups is 1. The predicted octanol–water partition coefficient (Wildman–Crippen LogP) is 6.57. The summed E-state index contributed by atoms with van der Waals surface area (Å²) in [7, 11) is 0. The average Bonchev–Trinajstić information content (AvgIpc) is 3.18. The van der Waals surface area contributed by atoms with E-state index in [1.165, 1.54) is 0 Å². The Balaban J connectivity index is 1.44. The van der Waals surface area contributed by atoms with Crippen LogP contribution in [0, 0.1) is 0 Å². The van der Waals surface area contributed by atoms with Crippen molar-refractivity contribution in [2.75, 3.05) is 5.32 Å². The highest BCUT2D eigenvalue weighted by Crippen LogP contribution is 2.27. The number of hydrogen-bond donors (Lipinski definition) is 1. The van der Waals surface area contributed by atoms with Gasteiger partial charge in [0.1, 0.15) is 18.1 Å². The summed E-state index contributed by atoms with van der Waals surface area (Å²) in [5, 5.41) is 5.63. The van der Waals surface area contributed by atoms with Crippen LogP contribution in [0.15, 0.2) is 77.2 Å². The first kappa shape index (κ1) is 18.4. The number of amides is 1. The first-order valence-electron chi connectivity index (χ1n) is 8.56. The molecule has 0 atom stereocenters. The lowest BCUT2D eigenvalue weighted by Gasteiger charge is -2.08. The highest BCUT2D eigenvalue weighted by Gasteiger charge is 2.13. The molecule has 0 bridgehead atoms. The summed E-state index contributed by atoms with van der Waals surface area (Å²) in [6, 6.07) is 22.0. The lowest BCUT2D eigenvalue weighted by molar-refractivity contribution is 0.0992. The third-order valence-corrected chi connectivity index (χ3v) is 4.92. The Morgan fingerprint density at radius 1 is 0.929 bits per heavy atom. The smallest absolute Gasteiger partial charge is 0.291 e. The SMILES string of the molecule is O=C(Nc1ccc(Cl)c(Cl)c1)c1ccc(COc2cccc3ccccc23)o1. The topological polar surface area (TPSA) is 51.5 Å². The number of furan rings is 1. The molecule has 0 unspecified atom stereocenters. The Morgan fingerprint density at radius 2 is 1.75 bits per heavy atom. The highest BCUT2D eigenvalue weighted by atomic mass is 35.5. The number of rotatable bonds is 5. The van der Waals surface area contributed by atoms with Crippen molar-refractivity contribution in [2.45, 2.75) is 6.61 Å². The zero-order valence-electron chi connectivity index (χ0n) is 14.6. The van der Waals surface area contributed by atoms with Gasteiger partial charge in [0.25, 0.3) is 5.91 Å². The minimum absolute atomic E-state index is 0.183. The normalized spacial score (nSPS) is 10.8. The molecule has 1 amide bonds. The van der Waals surface area contributed by atoms with Crippen LogP contribution in [0.25, 0.3) is 10.8 Å². The Kier molecular flexibility index (Phi) is 5.24. The van der Waals surface area contributed by atoms with Gasteiger partial charge in [0, 0.05) is 11.1 Å². The van der Waals surface area contributed by atoms with Gasteiger partial charge in [-0.25, -0.2) is 0 Å². The van der Waals surface area contributed by atoms with Gasteiger partial charge in [0.2, 0.25) is 0 Å². The average molecular weight is 412 g/mol. The van der Waals surface area contributed by atoms with Crippen molar-refractivity contribution in [3.63, 3.8) is 0 Å². The zero-order chi connectivity index (χ0) is 19.5. The van der Waals surface area contributed by atoms with Gasteiger partial charge in [-0.2, -0.15) is 0 Å². The second kappa shape index (κ2) is 7.97. The quantitative estimate of drug-likeness (QED) is 0.403. The van der Waals surface area contributed by atoms with E-state index in [-0.39, 0.29) is 18.3 Å². The molecule has 6 heteroatoms. The lowest BCUT2D eigenvalue weighted by atomic mass is 10.1. The fraction of sp³-hybridized carbons (Fsp3) is 0.0455. The Labute approximate surface area is 171 Å². The summed E-state index contributed by atoms with van der Waals surface area (Å²) in [5.41, 5.74) is 0.532. The van der Waals surface area contributed by atoms with Crippen LogP contribution in [0.5, 0.6) is 5.75 Å². The van der Waals surface area contributed by atoms with Crippen molar-refractivity contribution in [2.24, 2.45) is 0 Å². The molecule has 0 spiro atoms. The van der Waals surface area contributed by atoms with Crippen LogP contribution in [0.2, 0.25) is 10.0 Å². The molecule has 0 saturated carbocycles. The number of benzene rings is 3. The second-order valence-electron chi connectivity index (χ2n) is 6.11. The molecule has 0 fully saturated rings. The minimum atomic E-state index is -0.380. The van der Waals surface area contributed by atoms with Crippen molar-refractivity contribution >= 4 is 45.6 Å². The van der Waals surface area contributed by atoms with Crippen LogP contribution in [0.1, 0.15) is 16.3 Å². The number of hydrogen-bond acceptors (Lipinski definition) is 3. The first-order chi connectivity index (χ1) is 13.6. The molecular weight excluding hydrogens is 397 g/mol. The molecule has 1 heterocycles. The fourth-order valence-corrected chi connectivity index (χ4v) is 3.11. The van der Waals surface area contributed by atoms with E-state index in [0.29, 0.717) is 21.5 Å². The van der Waals surface area contributed by atoms with E-state index in [2.05, 4.69) is 5.32 Å². The van der Waals surface area contributed by atoms with Gasteiger partial charge in [0.05, 0.1) is 10.0 Å². The van der Waals surface area contributed by atoms with Gasteiger partial charge in [-0.3, -0.25) is 4.79 Å². The van der Waals surface area contributed by atoms with E-state index < -0.39 is 0 Å². The predicted molar refractivity (Wildman–Crippen MR) is 111 cm³/mol. The van der Waals surface area contributed by atoms with Crippen LogP contribution in [0.3, 0.4) is 0 Å². The third-order valence-electron chi connectivity index (χ3n) is 4.18. The Hall–Kier alpha value is -2.95. The molecule has 0 saturated heterocycles. The molecule has 0 aliphatic rings. The molecule has 0 radical (unpaired) electrons. The maximum Gasteiger partial charge on any atom is 0.291 e. The summed E-state index contributed by atoms with van der Waals surface area (Å²) in [5.74, 6) is 1.11. The number of fused-ring (bicyclic) bond motifs is 1. The summed E-state index contributed by atoms with van der Waals surface area (Å²) < 4.78 is 11.5. The molecule has 3 aromatic carbocycles. The summed E-state index contributed by atoms with van der Waals surface area (Å²) in [6.45, 7) is 0.216. The molecule has 4 nitrogen and oxygen atoms in total. The van der Waals surface area contributed by atoms with Gasteiger partial charge in [-0.15, -0.1) is 0 Å². The molecule has 28 heavy (non-hydrogen) atoms. The Morgan fingerprint density at radius 3 is 2.61 bits per heavy atom. The number of carbonyl (C=O) groups excluding carboxylic acids is 1. The number of anilines is 1. The molecule has 0 aliphatic carbocycles. The van der Waals surface area contributed by atoms with E-state index in [1.54, 1.807) is 30.3 Å². The third kappa shape index (κ3) is 3.98. The maximum atomic E-state index is 12.4. The van der Waals surface area contributed by atoms with Crippen LogP contribution < -0.4 is 10.1 Å². The van der Waals surface area contributed by atoms with Crippen molar-refractivity contribution in [3.8, 4) is 5.75 Å². The van der Waals surface area contributed by atoms with E-state index in [9.17, 15) is 4.79 Å². The van der Waals surface area contributed by atoms with Crippen molar-refractivity contribution in [3.05, 3.63) is 94.4 Å². The van der Waals surface area contributed by atoms with E-state index in [4.69, 9.17) is 32.4 Å². The standard InChI is InChI=1S/C22H15Cl2NO3/c23-18-10-8-15(12-19(18)24)25-22(26)21-11-9-16(28-21)13-27-20-7-3-5-14-4-1-2-6-17(14)20/h1-12H,13H2,(H,25,26). The molecule has 4 aromatic rings. The number of ether oxygens (including phenoxy) is 1. The van der Waals surface area contributed by atoms with Crippen LogP contribution in [-0.2, 0) is 6.61 Å². The van der Waals surface area contributed by atoms with Crippen LogP contribution >= 0.6 is 23.2 Å². The van der Waals surface area contributed by atoms with Gasteiger partial charge in [-0.1, -0.05) is 59.6 Å². The van der Waals surface area contributed by atoms with E-state index in [1.807, 2.05) is 42.5 Å². The number of halogens is 2. The maximum absolute atomic E-state index is 12.4. The van der Waals surface area contributed by atoms with Gasteiger partial charge in [0.15, 0.2) is 5.76 Å². The number of nitrogens with one attached hydrogen (secondary N) is 1. The monoisotopic (exact) mass is 411 g/mol. The molecule has 0 aliphatic heterocycles. The van der Waals surface area contributed by atoms with Gasteiger partial charge >= 0.3 is 0 Å². The second-order valence-corrected chi connectivity index (χ2v) is 6.93. The molecular formula is C22H15Cl2NO3. The zero-order valence-corrected chi connectivity index (χ0v) is 16.1. The lowest BCUT2D eigenvalue weighted by Crippen LogP contribution is -2.10. The minimum Gasteiger partial charge on any atom is -0.485 e. The Bertz CT molecular complexity index is 1150. The summed E-state index contributed by atoms with van der Waals surface area (Å²) in [6.07, 6.45) is 0. The van der Waals surface area contributed by atoms with E-state index >= 15 is 0 Å². The largest absolute Gasteiger partial charge is 0.485 e. The highest BCUT2D eigenvalue weighted by molar-refractivity contribution is 6.42. The molecule has 4 rings (SSSR count). The van der Waals surface area contributed by atoms with Crippen molar-refractivity contribution in [1.29, 1.82) is 0 Å².